The summed E-state index contributed by atoms with van der Waals surface area (Å²) in [6.45, 7) is -0.148. The van der Waals surface area contributed by atoms with Crippen molar-refractivity contribution >= 4 is 15.9 Å². The summed E-state index contributed by atoms with van der Waals surface area (Å²) in [6.07, 6.45) is 1.62. The molecule has 0 spiro atoms. The van der Waals surface area contributed by atoms with Crippen LogP contribution >= 0.6 is 15.9 Å². The Morgan fingerprint density at radius 1 is 1.77 bits per heavy atom. The van der Waals surface area contributed by atoms with E-state index in [4.69, 9.17) is 15.6 Å². The normalized spacial score (nSPS) is 12.6. The molecule has 1 heterocycles. The van der Waals surface area contributed by atoms with Crippen molar-refractivity contribution in [1.29, 1.82) is 0 Å². The van der Waals surface area contributed by atoms with Gasteiger partial charge in [0.1, 0.15) is 11.4 Å². The quantitative estimate of drug-likeness (QED) is 0.830. The number of rotatable bonds is 3. The van der Waals surface area contributed by atoms with Gasteiger partial charge in [-0.1, -0.05) is 0 Å². The van der Waals surface area contributed by atoms with Crippen LogP contribution < -0.4 is 10.5 Å². The minimum absolute atomic E-state index is 0.148. The first-order valence-electron chi connectivity index (χ1n) is 3.75. The van der Waals surface area contributed by atoms with Crippen LogP contribution in [0, 0.1) is 0 Å². The summed E-state index contributed by atoms with van der Waals surface area (Å²) >= 11 is 3.26. The second-order valence-electron chi connectivity index (χ2n) is 2.53. The van der Waals surface area contributed by atoms with E-state index < -0.39 is 6.04 Å². The molecule has 0 bridgehead atoms. The molecular weight excluding hydrogens is 236 g/mol. The number of halogens is 1. The minimum atomic E-state index is -0.497. The summed E-state index contributed by atoms with van der Waals surface area (Å²) < 4.78 is 5.88. The Bertz CT molecular complexity index is 293. The highest BCUT2D eigenvalue weighted by Gasteiger charge is 2.12. The summed E-state index contributed by atoms with van der Waals surface area (Å²) in [5.74, 6) is 0.580. The zero-order chi connectivity index (χ0) is 9.84. The summed E-state index contributed by atoms with van der Waals surface area (Å²) in [5.41, 5.74) is 6.18. The number of nitrogens with two attached hydrogens (primary N) is 1. The van der Waals surface area contributed by atoms with Crippen molar-refractivity contribution in [1.82, 2.24) is 4.98 Å². The van der Waals surface area contributed by atoms with Gasteiger partial charge in [-0.25, -0.2) is 0 Å². The highest BCUT2D eigenvalue weighted by atomic mass is 79.9. The first kappa shape index (κ1) is 10.4. The van der Waals surface area contributed by atoms with Crippen molar-refractivity contribution < 1.29 is 9.84 Å². The molecule has 0 aliphatic carbocycles. The lowest BCUT2D eigenvalue weighted by Gasteiger charge is -2.11. The van der Waals surface area contributed by atoms with Gasteiger partial charge in [-0.05, 0) is 22.0 Å². The zero-order valence-corrected chi connectivity index (χ0v) is 8.78. The Morgan fingerprint density at radius 2 is 2.46 bits per heavy atom. The van der Waals surface area contributed by atoms with E-state index in [9.17, 15) is 0 Å². The first-order chi connectivity index (χ1) is 6.19. The van der Waals surface area contributed by atoms with Crippen molar-refractivity contribution in [3.8, 4) is 5.75 Å². The number of methoxy groups -OCH3 is 1. The fraction of sp³-hybridized carbons (Fsp3) is 0.375. The zero-order valence-electron chi connectivity index (χ0n) is 7.20. The molecule has 0 aromatic carbocycles. The number of aliphatic hydroxyl groups is 1. The maximum atomic E-state index is 8.85. The molecule has 4 nitrogen and oxygen atoms in total. The minimum Gasteiger partial charge on any atom is -0.495 e. The van der Waals surface area contributed by atoms with Crippen molar-refractivity contribution in [2.45, 2.75) is 6.04 Å². The molecule has 1 rings (SSSR count). The largest absolute Gasteiger partial charge is 0.495 e. The molecule has 1 aromatic heterocycles. The Hall–Kier alpha value is -0.650. The van der Waals surface area contributed by atoms with Crippen molar-refractivity contribution in [2.24, 2.45) is 5.73 Å². The van der Waals surface area contributed by atoms with Crippen LogP contribution in [-0.4, -0.2) is 23.8 Å². The molecule has 3 N–H and O–H groups in total. The highest BCUT2D eigenvalue weighted by Crippen LogP contribution is 2.24. The van der Waals surface area contributed by atoms with Crippen LogP contribution in [0.25, 0.3) is 0 Å². The summed E-state index contributed by atoms with van der Waals surface area (Å²) in [5, 5.41) is 8.85. The van der Waals surface area contributed by atoms with Gasteiger partial charge in [0.15, 0.2) is 0 Å². The van der Waals surface area contributed by atoms with Gasteiger partial charge in [-0.3, -0.25) is 4.98 Å². The second kappa shape index (κ2) is 4.55. The molecule has 0 aliphatic heterocycles. The van der Waals surface area contributed by atoms with E-state index in [0.29, 0.717) is 11.4 Å². The molecule has 5 heteroatoms. The van der Waals surface area contributed by atoms with Gasteiger partial charge in [0.2, 0.25) is 0 Å². The Kier molecular flexibility index (Phi) is 3.65. The number of hydrogen-bond donors (Lipinski definition) is 2. The molecule has 0 aliphatic rings. The van der Waals surface area contributed by atoms with E-state index in [0.717, 1.165) is 4.47 Å². The van der Waals surface area contributed by atoms with Crippen LogP contribution in [0.2, 0.25) is 0 Å². The van der Waals surface area contributed by atoms with Gasteiger partial charge in [0, 0.05) is 10.7 Å². The number of pyridine rings is 1. The number of hydrogen-bond acceptors (Lipinski definition) is 4. The predicted molar refractivity (Wildman–Crippen MR) is 52.5 cm³/mol. The second-order valence-corrected chi connectivity index (χ2v) is 3.45. The fourth-order valence-electron chi connectivity index (χ4n) is 0.960. The smallest absolute Gasteiger partial charge is 0.143 e. The topological polar surface area (TPSA) is 68.4 Å². The average Bonchev–Trinajstić information content (AvgIpc) is 2.16. The average molecular weight is 247 g/mol. The summed E-state index contributed by atoms with van der Waals surface area (Å²) in [4.78, 5) is 4.06. The highest BCUT2D eigenvalue weighted by molar-refractivity contribution is 9.10. The van der Waals surface area contributed by atoms with Crippen LogP contribution in [0.15, 0.2) is 16.7 Å². The fourth-order valence-corrected chi connectivity index (χ4v) is 1.27. The number of aromatic nitrogens is 1. The monoisotopic (exact) mass is 246 g/mol. The lowest BCUT2D eigenvalue weighted by atomic mass is 10.2. The van der Waals surface area contributed by atoms with E-state index >= 15 is 0 Å². The third-order valence-corrected chi connectivity index (χ3v) is 2.05. The molecular formula is C8H11BrN2O2. The van der Waals surface area contributed by atoms with Gasteiger partial charge in [0.05, 0.1) is 19.8 Å². The van der Waals surface area contributed by atoms with Crippen LogP contribution in [0.4, 0.5) is 0 Å². The predicted octanol–water partition coefficient (Wildman–Crippen LogP) is 0.845. The van der Waals surface area contributed by atoms with E-state index in [1.165, 1.54) is 7.11 Å². The molecule has 72 valence electrons. The maximum Gasteiger partial charge on any atom is 0.143 e. The lowest BCUT2D eigenvalue weighted by molar-refractivity contribution is 0.262. The molecule has 0 saturated carbocycles. The summed E-state index contributed by atoms with van der Waals surface area (Å²) in [6, 6.07) is 1.26. The molecule has 0 fully saturated rings. The third kappa shape index (κ3) is 2.40. The van der Waals surface area contributed by atoms with Gasteiger partial charge >= 0.3 is 0 Å². The van der Waals surface area contributed by atoms with E-state index in [2.05, 4.69) is 20.9 Å². The molecule has 1 aromatic rings. The Balaban J connectivity index is 3.05. The van der Waals surface area contributed by atoms with E-state index in [1.54, 1.807) is 12.3 Å². The molecule has 0 radical (unpaired) electrons. The van der Waals surface area contributed by atoms with E-state index in [-0.39, 0.29) is 6.61 Å². The van der Waals surface area contributed by atoms with Crippen molar-refractivity contribution in [3.05, 3.63) is 22.4 Å². The van der Waals surface area contributed by atoms with Crippen LogP contribution in [0.1, 0.15) is 11.7 Å². The van der Waals surface area contributed by atoms with Crippen LogP contribution in [-0.2, 0) is 0 Å². The van der Waals surface area contributed by atoms with Crippen LogP contribution in [0.5, 0.6) is 5.75 Å². The molecule has 1 atom stereocenters. The third-order valence-electron chi connectivity index (χ3n) is 1.62. The number of aliphatic hydroxyl groups excluding tert-OH is 1. The molecule has 0 unspecified atom stereocenters. The standard InChI is InChI=1S/C8H11BrN2O2/c1-13-7-2-5(9)3-11-8(7)6(10)4-12/h2-3,6,12H,4,10H2,1H3/t6-/m1/s1. The van der Waals surface area contributed by atoms with Crippen molar-refractivity contribution in [3.63, 3.8) is 0 Å². The maximum absolute atomic E-state index is 8.85. The van der Waals surface area contributed by atoms with E-state index in [1.807, 2.05) is 0 Å². The van der Waals surface area contributed by atoms with Crippen molar-refractivity contribution in [2.75, 3.05) is 13.7 Å². The lowest BCUT2D eigenvalue weighted by Crippen LogP contribution is -2.17. The molecule has 13 heavy (non-hydrogen) atoms. The van der Waals surface area contributed by atoms with Gasteiger partial charge in [-0.2, -0.15) is 0 Å². The number of nitrogens with zero attached hydrogens (tertiary/aromatic N) is 1. The van der Waals surface area contributed by atoms with Gasteiger partial charge < -0.3 is 15.6 Å². The number of ether oxygens (including phenoxy) is 1. The SMILES string of the molecule is COc1cc(Br)cnc1[C@H](N)CO. The van der Waals surface area contributed by atoms with Gasteiger partial charge in [-0.15, -0.1) is 0 Å². The van der Waals surface area contributed by atoms with Gasteiger partial charge in [0.25, 0.3) is 0 Å². The Labute approximate surface area is 84.9 Å². The van der Waals surface area contributed by atoms with Crippen LogP contribution in [0.3, 0.4) is 0 Å². The summed E-state index contributed by atoms with van der Waals surface area (Å²) in [7, 11) is 1.54. The Morgan fingerprint density at radius 3 is 3.00 bits per heavy atom. The molecule has 0 saturated heterocycles. The first-order valence-corrected chi connectivity index (χ1v) is 4.54. The molecule has 0 amide bonds.